The average Bonchev–Trinajstić information content (AvgIpc) is 2.35. The van der Waals surface area contributed by atoms with Crippen molar-refractivity contribution in [2.75, 3.05) is 0 Å². The minimum Gasteiger partial charge on any atom is -0.133 e. The standard InChI is InChI=1S/C11H21P5/c12-2-7-1-8(3-13)10(5-15)11(6-16)9(7)4-14/h1H,2-6,12-16H2. The van der Waals surface area contributed by atoms with E-state index in [2.05, 4.69) is 52.3 Å². The third-order valence-electron chi connectivity index (χ3n) is 2.90. The minimum atomic E-state index is 1.05. The zero-order valence-electron chi connectivity index (χ0n) is 9.50. The van der Waals surface area contributed by atoms with Gasteiger partial charge in [0.1, 0.15) is 0 Å². The van der Waals surface area contributed by atoms with Crippen LogP contribution < -0.4 is 0 Å². The van der Waals surface area contributed by atoms with Crippen LogP contribution in [-0.4, -0.2) is 0 Å². The molecule has 16 heavy (non-hydrogen) atoms. The highest BCUT2D eigenvalue weighted by Crippen LogP contribution is 2.31. The number of hydrogen-bond acceptors (Lipinski definition) is 0. The summed E-state index contributed by atoms with van der Waals surface area (Å²) in [5.74, 6) is 0. The number of benzene rings is 1. The molecule has 0 bridgehead atoms. The fraction of sp³-hybridized carbons (Fsp3) is 0.455. The Bertz CT molecular complexity index is 332. The van der Waals surface area contributed by atoms with Gasteiger partial charge in [0.05, 0.1) is 0 Å². The van der Waals surface area contributed by atoms with Gasteiger partial charge in [-0.25, -0.2) is 0 Å². The molecule has 0 spiro atoms. The van der Waals surface area contributed by atoms with E-state index in [4.69, 9.17) is 0 Å². The Morgan fingerprint density at radius 3 is 1.19 bits per heavy atom. The first kappa shape index (κ1) is 15.4. The third-order valence-corrected chi connectivity index (χ3v) is 5.01. The molecule has 0 saturated carbocycles. The molecule has 0 fully saturated rings. The third kappa shape index (κ3) is 3.23. The van der Waals surface area contributed by atoms with Crippen LogP contribution in [0.3, 0.4) is 0 Å². The molecule has 90 valence electrons. The number of rotatable bonds is 5. The molecule has 0 aliphatic heterocycles. The molecule has 0 aromatic heterocycles. The van der Waals surface area contributed by atoms with E-state index in [1.807, 2.05) is 0 Å². The van der Waals surface area contributed by atoms with Gasteiger partial charge in [-0.1, -0.05) is 6.07 Å². The van der Waals surface area contributed by atoms with Crippen molar-refractivity contribution in [3.8, 4) is 0 Å². The first-order valence-corrected chi connectivity index (χ1v) is 9.47. The van der Waals surface area contributed by atoms with Crippen molar-refractivity contribution in [1.29, 1.82) is 0 Å². The van der Waals surface area contributed by atoms with Crippen LogP contribution in [0.5, 0.6) is 0 Å². The van der Waals surface area contributed by atoms with Crippen molar-refractivity contribution < 1.29 is 0 Å². The van der Waals surface area contributed by atoms with Gasteiger partial charge in [-0.05, 0) is 58.6 Å². The van der Waals surface area contributed by atoms with E-state index in [-0.39, 0.29) is 0 Å². The molecule has 0 nitrogen and oxygen atoms in total. The molecule has 0 radical (unpaired) electrons. The number of hydrogen-bond donors (Lipinski definition) is 0. The summed E-state index contributed by atoms with van der Waals surface area (Å²) in [5.41, 5.74) is 7.55. The topological polar surface area (TPSA) is 0 Å². The lowest BCUT2D eigenvalue weighted by atomic mass is 9.95. The van der Waals surface area contributed by atoms with Crippen LogP contribution in [0.25, 0.3) is 0 Å². The summed E-state index contributed by atoms with van der Waals surface area (Å²) in [7, 11) is 14.3. The van der Waals surface area contributed by atoms with E-state index < -0.39 is 0 Å². The molecule has 5 unspecified atom stereocenters. The van der Waals surface area contributed by atoms with Gasteiger partial charge in [0.2, 0.25) is 0 Å². The van der Waals surface area contributed by atoms with Crippen LogP contribution in [0.15, 0.2) is 6.07 Å². The van der Waals surface area contributed by atoms with E-state index >= 15 is 0 Å². The molecule has 1 aromatic rings. The van der Waals surface area contributed by atoms with Gasteiger partial charge in [-0.2, -0.15) is 0 Å². The fourth-order valence-corrected chi connectivity index (χ4v) is 4.31. The Balaban J connectivity index is 3.47. The Hall–Kier alpha value is 1.37. The molecule has 0 aliphatic carbocycles. The van der Waals surface area contributed by atoms with Crippen LogP contribution in [0, 0.1) is 0 Å². The summed E-state index contributed by atoms with van der Waals surface area (Å²) >= 11 is 0. The van der Waals surface area contributed by atoms with Gasteiger partial charge in [0, 0.05) is 0 Å². The van der Waals surface area contributed by atoms with Crippen molar-refractivity contribution in [1.82, 2.24) is 0 Å². The average molecular weight is 308 g/mol. The Morgan fingerprint density at radius 1 is 0.562 bits per heavy atom. The summed E-state index contributed by atoms with van der Waals surface area (Å²) in [6, 6.07) is 2.38. The van der Waals surface area contributed by atoms with Gasteiger partial charge in [0.15, 0.2) is 0 Å². The summed E-state index contributed by atoms with van der Waals surface area (Å²) in [4.78, 5) is 0. The van der Waals surface area contributed by atoms with Crippen molar-refractivity contribution in [3.63, 3.8) is 0 Å². The maximum Gasteiger partial charge on any atom is -0.0123 e. The molecule has 0 aliphatic rings. The lowest BCUT2D eigenvalue weighted by Crippen LogP contribution is -2.03. The summed E-state index contributed by atoms with van der Waals surface area (Å²) < 4.78 is 0. The molecule has 1 aromatic carbocycles. The van der Waals surface area contributed by atoms with Crippen LogP contribution >= 0.6 is 46.2 Å². The monoisotopic (exact) mass is 308 g/mol. The Kier molecular flexibility index (Phi) is 7.45. The normalized spacial score (nSPS) is 10.8. The van der Waals surface area contributed by atoms with Gasteiger partial charge in [-0.3, -0.25) is 0 Å². The van der Waals surface area contributed by atoms with Gasteiger partial charge < -0.3 is 0 Å². The van der Waals surface area contributed by atoms with Gasteiger partial charge in [-0.15, -0.1) is 46.2 Å². The van der Waals surface area contributed by atoms with E-state index in [1.165, 1.54) is 27.8 Å². The molecular formula is C11H21P5. The first-order valence-electron chi connectivity index (χ1n) is 5.39. The first-order chi connectivity index (χ1) is 7.73. The molecular weight excluding hydrogens is 287 g/mol. The Morgan fingerprint density at radius 2 is 0.938 bits per heavy atom. The van der Waals surface area contributed by atoms with E-state index in [0.29, 0.717) is 0 Å². The summed E-state index contributed by atoms with van der Waals surface area (Å²) in [6.45, 7) is 0. The second kappa shape index (κ2) is 7.73. The van der Waals surface area contributed by atoms with Gasteiger partial charge >= 0.3 is 0 Å². The molecule has 1 rings (SSSR count). The highest BCUT2D eigenvalue weighted by molar-refractivity contribution is 7.16. The van der Waals surface area contributed by atoms with Gasteiger partial charge in [0.25, 0.3) is 0 Å². The van der Waals surface area contributed by atoms with Crippen molar-refractivity contribution in [3.05, 3.63) is 33.9 Å². The SMILES string of the molecule is PCc1cc(CP)c(CP)c(CP)c1CP. The second-order valence-electron chi connectivity index (χ2n) is 3.65. The summed E-state index contributed by atoms with van der Waals surface area (Å²) in [5, 5.41) is 0. The van der Waals surface area contributed by atoms with E-state index in [1.54, 1.807) is 0 Å². The summed E-state index contributed by atoms with van der Waals surface area (Å²) in [6.07, 6.45) is 5.28. The molecule has 0 saturated heterocycles. The van der Waals surface area contributed by atoms with Crippen LogP contribution in [0.2, 0.25) is 0 Å². The lowest BCUT2D eigenvalue weighted by molar-refractivity contribution is 1.12. The largest absolute Gasteiger partial charge is 0.133 e. The van der Waals surface area contributed by atoms with Crippen LogP contribution in [0.1, 0.15) is 27.8 Å². The highest BCUT2D eigenvalue weighted by atomic mass is 31.0. The predicted molar refractivity (Wildman–Crippen MR) is 93.5 cm³/mol. The Labute approximate surface area is 111 Å². The van der Waals surface area contributed by atoms with E-state index in [0.717, 1.165) is 30.8 Å². The molecule has 5 atom stereocenters. The maximum absolute atomic E-state index is 2.87. The zero-order chi connectivity index (χ0) is 12.1. The van der Waals surface area contributed by atoms with Crippen molar-refractivity contribution in [2.24, 2.45) is 0 Å². The van der Waals surface area contributed by atoms with Crippen molar-refractivity contribution >= 4 is 46.2 Å². The van der Waals surface area contributed by atoms with Crippen molar-refractivity contribution in [2.45, 2.75) is 30.8 Å². The molecule has 0 amide bonds. The molecule has 5 heteroatoms. The zero-order valence-corrected chi connectivity index (χ0v) is 15.3. The van der Waals surface area contributed by atoms with E-state index in [9.17, 15) is 0 Å². The lowest BCUT2D eigenvalue weighted by Gasteiger charge is -2.19. The molecule has 0 heterocycles. The second-order valence-corrected chi connectivity index (χ2v) is 5.69. The predicted octanol–water partition coefficient (Wildman–Crippen LogP) is 3.56. The fourth-order valence-electron chi connectivity index (χ4n) is 2.07. The minimum absolute atomic E-state index is 1.05. The van der Waals surface area contributed by atoms with Crippen LogP contribution in [0.4, 0.5) is 0 Å². The quantitative estimate of drug-likeness (QED) is 0.730. The maximum atomic E-state index is 2.87. The molecule has 0 N–H and O–H groups in total. The highest BCUT2D eigenvalue weighted by Gasteiger charge is 2.13. The van der Waals surface area contributed by atoms with Crippen LogP contribution in [-0.2, 0) is 30.8 Å². The smallest absolute Gasteiger partial charge is 0.0123 e.